The summed E-state index contributed by atoms with van der Waals surface area (Å²) in [5.41, 5.74) is 2.36. The Morgan fingerprint density at radius 1 is 1.25 bits per heavy atom. The normalized spacial score (nSPS) is 10.7. The second-order valence-corrected chi connectivity index (χ2v) is 5.89. The Hall–Kier alpha value is -2.40. The Morgan fingerprint density at radius 3 is 2.58 bits per heavy atom. The number of aromatic nitrogens is 1. The van der Waals surface area contributed by atoms with E-state index >= 15 is 0 Å². The van der Waals surface area contributed by atoms with Gasteiger partial charge < -0.3 is 14.7 Å². The molecule has 0 spiro atoms. The molecule has 0 radical (unpaired) electrons. The van der Waals surface area contributed by atoms with Crippen LogP contribution in [0.25, 0.3) is 0 Å². The number of aliphatic hydroxyl groups excluding tert-OH is 1. The van der Waals surface area contributed by atoms with Crippen molar-refractivity contribution in [1.29, 1.82) is 0 Å². The smallest absolute Gasteiger partial charge is 0.255 e. The first-order chi connectivity index (χ1) is 11.6. The van der Waals surface area contributed by atoms with Gasteiger partial charge in [0.25, 0.3) is 5.91 Å². The number of amides is 1. The largest absolute Gasteiger partial charge is 0.496 e. The molecule has 1 N–H and O–H groups in total. The topological polar surface area (TPSA) is 62.7 Å². The van der Waals surface area contributed by atoms with Gasteiger partial charge >= 0.3 is 0 Å². The maximum absolute atomic E-state index is 12.8. The lowest BCUT2D eigenvalue weighted by Crippen LogP contribution is -2.33. The summed E-state index contributed by atoms with van der Waals surface area (Å²) in [7, 11) is 1.60. The van der Waals surface area contributed by atoms with E-state index in [-0.39, 0.29) is 19.1 Å². The lowest BCUT2D eigenvalue weighted by molar-refractivity contribution is 0.0706. The van der Waals surface area contributed by atoms with Gasteiger partial charge in [-0.25, -0.2) is 0 Å². The highest BCUT2D eigenvalue weighted by Gasteiger charge is 2.18. The van der Waals surface area contributed by atoms with Crippen molar-refractivity contribution in [3.05, 3.63) is 59.4 Å². The Labute approximate surface area is 142 Å². The number of hydrogen-bond donors (Lipinski definition) is 1. The first-order valence-corrected chi connectivity index (χ1v) is 8.04. The molecule has 1 heterocycles. The van der Waals surface area contributed by atoms with Gasteiger partial charge in [-0.1, -0.05) is 32.0 Å². The van der Waals surface area contributed by atoms with Crippen molar-refractivity contribution >= 4 is 5.91 Å². The third-order valence-corrected chi connectivity index (χ3v) is 3.84. The molecule has 0 aliphatic rings. The second-order valence-electron chi connectivity index (χ2n) is 5.89. The Morgan fingerprint density at radius 2 is 2.00 bits per heavy atom. The molecule has 0 aliphatic carbocycles. The predicted molar refractivity (Wildman–Crippen MR) is 93.1 cm³/mol. The summed E-state index contributed by atoms with van der Waals surface area (Å²) in [4.78, 5) is 18.7. The second kappa shape index (κ2) is 8.45. The van der Waals surface area contributed by atoms with Crippen LogP contribution >= 0.6 is 0 Å². The molecule has 0 fully saturated rings. The molecule has 5 heteroatoms. The predicted octanol–water partition coefficient (Wildman–Crippen LogP) is 2.85. The van der Waals surface area contributed by atoms with E-state index < -0.39 is 0 Å². The van der Waals surface area contributed by atoms with Crippen molar-refractivity contribution in [3.8, 4) is 5.75 Å². The van der Waals surface area contributed by atoms with E-state index in [1.807, 2.05) is 30.3 Å². The highest BCUT2D eigenvalue weighted by molar-refractivity contribution is 5.94. The van der Waals surface area contributed by atoms with Gasteiger partial charge in [0.15, 0.2) is 0 Å². The third-order valence-electron chi connectivity index (χ3n) is 3.84. The lowest BCUT2D eigenvalue weighted by Gasteiger charge is -2.23. The van der Waals surface area contributed by atoms with Crippen LogP contribution in [-0.2, 0) is 6.54 Å². The van der Waals surface area contributed by atoms with E-state index in [0.29, 0.717) is 18.0 Å². The molecule has 0 unspecified atom stereocenters. The van der Waals surface area contributed by atoms with E-state index in [1.165, 1.54) is 0 Å². The minimum atomic E-state index is -0.155. The first kappa shape index (κ1) is 17.9. The SMILES string of the molecule is COc1ccccc1CN(CCO)C(=O)c1ccc(C(C)C)nc1. The van der Waals surface area contributed by atoms with Gasteiger partial charge in [0.2, 0.25) is 0 Å². The van der Waals surface area contributed by atoms with E-state index in [1.54, 1.807) is 24.3 Å². The average molecular weight is 328 g/mol. The molecule has 0 atom stereocenters. The van der Waals surface area contributed by atoms with Crippen LogP contribution in [0.4, 0.5) is 0 Å². The molecule has 2 rings (SSSR count). The summed E-state index contributed by atoms with van der Waals surface area (Å²) in [6.07, 6.45) is 1.60. The summed E-state index contributed by atoms with van der Waals surface area (Å²) in [5, 5.41) is 9.31. The number of benzene rings is 1. The zero-order chi connectivity index (χ0) is 17.5. The fourth-order valence-electron chi connectivity index (χ4n) is 2.47. The summed E-state index contributed by atoms with van der Waals surface area (Å²) in [6.45, 7) is 4.64. The van der Waals surface area contributed by atoms with Gasteiger partial charge in [-0.05, 0) is 24.1 Å². The Kier molecular flexibility index (Phi) is 6.32. The van der Waals surface area contributed by atoms with Gasteiger partial charge in [0, 0.05) is 30.5 Å². The third kappa shape index (κ3) is 4.32. The highest BCUT2D eigenvalue weighted by Crippen LogP contribution is 2.20. The van der Waals surface area contributed by atoms with Crippen molar-refractivity contribution < 1.29 is 14.6 Å². The molecule has 0 saturated heterocycles. The molecular weight excluding hydrogens is 304 g/mol. The highest BCUT2D eigenvalue weighted by atomic mass is 16.5. The molecule has 0 aliphatic heterocycles. The van der Waals surface area contributed by atoms with E-state index in [9.17, 15) is 9.90 Å². The maximum atomic E-state index is 12.8. The van der Waals surface area contributed by atoms with Crippen LogP contribution in [0.2, 0.25) is 0 Å². The number of methoxy groups -OCH3 is 1. The number of ether oxygens (including phenoxy) is 1. The minimum absolute atomic E-state index is 0.0988. The van der Waals surface area contributed by atoms with Crippen molar-refractivity contribution in [3.63, 3.8) is 0 Å². The first-order valence-electron chi connectivity index (χ1n) is 8.04. The summed E-state index contributed by atoms with van der Waals surface area (Å²) < 4.78 is 5.34. The van der Waals surface area contributed by atoms with Crippen molar-refractivity contribution in [2.45, 2.75) is 26.3 Å². The maximum Gasteiger partial charge on any atom is 0.255 e. The Bertz CT molecular complexity index is 669. The molecule has 24 heavy (non-hydrogen) atoms. The number of rotatable bonds is 7. The number of carbonyl (C=O) groups excluding carboxylic acids is 1. The van der Waals surface area contributed by atoms with Crippen LogP contribution in [0, 0.1) is 0 Å². The summed E-state index contributed by atoms with van der Waals surface area (Å²) >= 11 is 0. The van der Waals surface area contributed by atoms with E-state index in [4.69, 9.17) is 4.74 Å². The minimum Gasteiger partial charge on any atom is -0.496 e. The van der Waals surface area contributed by atoms with Gasteiger partial charge in [0.1, 0.15) is 5.75 Å². The molecular formula is C19H24N2O3. The van der Waals surface area contributed by atoms with E-state index in [0.717, 1.165) is 17.0 Å². The number of para-hydroxylation sites is 1. The van der Waals surface area contributed by atoms with Gasteiger partial charge in [-0.2, -0.15) is 0 Å². The van der Waals surface area contributed by atoms with Crippen molar-refractivity contribution in [2.75, 3.05) is 20.3 Å². The molecule has 2 aromatic rings. The summed E-state index contributed by atoms with van der Waals surface area (Å²) in [5.74, 6) is 0.885. The molecule has 1 amide bonds. The van der Waals surface area contributed by atoms with Crippen LogP contribution in [0.5, 0.6) is 5.75 Å². The van der Waals surface area contributed by atoms with Gasteiger partial charge in [-0.15, -0.1) is 0 Å². The molecule has 0 bridgehead atoms. The molecule has 1 aromatic heterocycles. The van der Waals surface area contributed by atoms with Crippen molar-refractivity contribution in [1.82, 2.24) is 9.88 Å². The fourth-order valence-corrected chi connectivity index (χ4v) is 2.47. The van der Waals surface area contributed by atoms with Gasteiger partial charge in [0.05, 0.1) is 19.3 Å². The quantitative estimate of drug-likeness (QED) is 0.849. The van der Waals surface area contributed by atoms with Crippen molar-refractivity contribution in [2.24, 2.45) is 0 Å². The van der Waals surface area contributed by atoms with Crippen LogP contribution in [0.3, 0.4) is 0 Å². The average Bonchev–Trinajstić information content (AvgIpc) is 2.61. The zero-order valence-electron chi connectivity index (χ0n) is 14.4. The number of nitrogens with zero attached hydrogens (tertiary/aromatic N) is 2. The molecule has 1 aromatic carbocycles. The number of aliphatic hydroxyl groups is 1. The fraction of sp³-hybridized carbons (Fsp3) is 0.368. The van der Waals surface area contributed by atoms with Crippen LogP contribution in [0.1, 0.15) is 41.4 Å². The van der Waals surface area contributed by atoms with Crippen LogP contribution in [0.15, 0.2) is 42.6 Å². The number of carbonyl (C=O) groups is 1. The van der Waals surface area contributed by atoms with Crippen LogP contribution < -0.4 is 4.74 Å². The Balaban J connectivity index is 2.21. The number of pyridine rings is 1. The van der Waals surface area contributed by atoms with E-state index in [2.05, 4.69) is 18.8 Å². The standard InChI is InChI=1S/C19H24N2O3/c1-14(2)17-9-8-15(12-20-17)19(23)21(10-11-22)13-16-6-4-5-7-18(16)24-3/h4-9,12,14,22H,10-11,13H2,1-3H3. The van der Waals surface area contributed by atoms with Gasteiger partial charge in [-0.3, -0.25) is 9.78 Å². The molecule has 128 valence electrons. The zero-order valence-corrected chi connectivity index (χ0v) is 14.4. The molecule has 5 nitrogen and oxygen atoms in total. The number of hydrogen-bond acceptors (Lipinski definition) is 4. The molecule has 0 saturated carbocycles. The monoisotopic (exact) mass is 328 g/mol. The summed E-state index contributed by atoms with van der Waals surface area (Å²) in [6, 6.07) is 11.2. The van der Waals surface area contributed by atoms with Crippen LogP contribution in [-0.4, -0.2) is 41.2 Å². The lowest BCUT2D eigenvalue weighted by atomic mass is 10.1.